The number of carbonyl (C=O) groups excluding carboxylic acids is 1. The Morgan fingerprint density at radius 1 is 1.16 bits per heavy atom. The number of ether oxygens (including phenoxy) is 2. The molecule has 31 heavy (non-hydrogen) atoms. The van der Waals surface area contributed by atoms with Gasteiger partial charge in [0.05, 0.1) is 17.9 Å². The third-order valence-electron chi connectivity index (χ3n) is 4.97. The normalized spacial score (nSPS) is 13.8. The van der Waals surface area contributed by atoms with Crippen molar-refractivity contribution in [2.45, 2.75) is 19.9 Å². The molecule has 1 aromatic heterocycles. The number of hydrogen-bond acceptors (Lipinski definition) is 6. The number of benzene rings is 2. The van der Waals surface area contributed by atoms with Gasteiger partial charge in [0.1, 0.15) is 25.9 Å². The summed E-state index contributed by atoms with van der Waals surface area (Å²) >= 11 is 6.13. The third kappa shape index (κ3) is 4.98. The van der Waals surface area contributed by atoms with Crippen LogP contribution in [0.15, 0.2) is 49.1 Å². The molecular weight excluding hydrogens is 418 g/mol. The highest BCUT2D eigenvalue weighted by Crippen LogP contribution is 2.34. The van der Waals surface area contributed by atoms with Gasteiger partial charge < -0.3 is 20.1 Å². The third-order valence-corrected chi connectivity index (χ3v) is 5.21. The highest BCUT2D eigenvalue weighted by molar-refractivity contribution is 6.31. The average molecular weight is 442 g/mol. The van der Waals surface area contributed by atoms with Crippen LogP contribution in [0.1, 0.15) is 25.5 Å². The molecule has 0 fully saturated rings. The van der Waals surface area contributed by atoms with Gasteiger partial charge in [-0.2, -0.15) is 5.10 Å². The van der Waals surface area contributed by atoms with Crippen molar-refractivity contribution in [3.05, 3.63) is 59.6 Å². The van der Waals surface area contributed by atoms with Gasteiger partial charge >= 0.3 is 0 Å². The minimum Gasteiger partial charge on any atom is -0.486 e. The van der Waals surface area contributed by atoms with Crippen molar-refractivity contribution in [3.63, 3.8) is 0 Å². The maximum absolute atomic E-state index is 12.7. The molecule has 0 spiro atoms. The van der Waals surface area contributed by atoms with Crippen LogP contribution in [0.4, 0.5) is 5.69 Å². The van der Waals surface area contributed by atoms with Gasteiger partial charge in [0.25, 0.3) is 0 Å². The molecule has 0 radical (unpaired) electrons. The number of rotatable bonds is 7. The van der Waals surface area contributed by atoms with Gasteiger partial charge in [-0.3, -0.25) is 4.79 Å². The van der Waals surface area contributed by atoms with Gasteiger partial charge in [0.2, 0.25) is 5.91 Å². The molecule has 0 saturated heterocycles. The number of hydrogen-bond donors (Lipinski definition) is 2. The molecule has 8 nitrogen and oxygen atoms in total. The molecule has 2 heterocycles. The van der Waals surface area contributed by atoms with Gasteiger partial charge in [-0.1, -0.05) is 31.5 Å². The summed E-state index contributed by atoms with van der Waals surface area (Å²) < 4.78 is 12.9. The molecule has 2 N–H and O–H groups in total. The van der Waals surface area contributed by atoms with E-state index in [0.29, 0.717) is 29.6 Å². The molecule has 0 bridgehead atoms. The van der Waals surface area contributed by atoms with Crippen molar-refractivity contribution in [3.8, 4) is 17.2 Å². The van der Waals surface area contributed by atoms with Crippen molar-refractivity contribution >= 4 is 23.2 Å². The van der Waals surface area contributed by atoms with Crippen LogP contribution in [0.25, 0.3) is 5.69 Å². The zero-order valence-electron chi connectivity index (χ0n) is 17.3. The first kappa shape index (κ1) is 21.1. The molecule has 0 unspecified atom stereocenters. The first-order valence-corrected chi connectivity index (χ1v) is 10.5. The minimum atomic E-state index is -0.188. The largest absolute Gasteiger partial charge is 0.486 e. The molecule has 1 aliphatic heterocycles. The highest BCUT2D eigenvalue weighted by Gasteiger charge is 2.20. The quantitative estimate of drug-likeness (QED) is 0.582. The summed E-state index contributed by atoms with van der Waals surface area (Å²) in [4.78, 5) is 16.7. The van der Waals surface area contributed by atoms with Crippen LogP contribution in [0.5, 0.6) is 11.5 Å². The molecule has 0 aliphatic carbocycles. The molecule has 0 saturated carbocycles. The lowest BCUT2D eigenvalue weighted by Gasteiger charge is -2.25. The number of carbonyl (C=O) groups is 1. The number of aromatic nitrogens is 3. The van der Waals surface area contributed by atoms with Gasteiger partial charge in [-0.25, -0.2) is 9.67 Å². The fourth-order valence-electron chi connectivity index (χ4n) is 3.53. The second-order valence-corrected chi connectivity index (χ2v) is 7.99. The first-order valence-electron chi connectivity index (χ1n) is 10.1. The molecule has 4 rings (SSSR count). The van der Waals surface area contributed by atoms with Gasteiger partial charge in [-0.05, 0) is 41.8 Å². The second kappa shape index (κ2) is 9.36. The molecule has 1 amide bonds. The van der Waals surface area contributed by atoms with Crippen LogP contribution in [0.2, 0.25) is 5.02 Å². The average Bonchev–Trinajstić information content (AvgIpc) is 3.28. The Morgan fingerprint density at radius 3 is 2.71 bits per heavy atom. The Bertz CT molecular complexity index is 1060. The van der Waals surface area contributed by atoms with Gasteiger partial charge in [-0.15, -0.1) is 0 Å². The molecule has 3 aromatic rings. The maximum Gasteiger partial charge on any atom is 0.238 e. The lowest BCUT2D eigenvalue weighted by atomic mass is 9.95. The van der Waals surface area contributed by atoms with E-state index in [0.717, 1.165) is 17.1 Å². The summed E-state index contributed by atoms with van der Waals surface area (Å²) in [6.07, 6.45) is 3.00. The summed E-state index contributed by atoms with van der Waals surface area (Å²) in [5, 5.41) is 10.9. The van der Waals surface area contributed by atoms with Crippen LogP contribution in [-0.4, -0.2) is 40.4 Å². The Kier molecular flexibility index (Phi) is 6.39. The second-order valence-electron chi connectivity index (χ2n) is 7.56. The number of nitrogens with one attached hydrogen (secondary N) is 2. The zero-order chi connectivity index (χ0) is 21.8. The summed E-state index contributed by atoms with van der Waals surface area (Å²) in [7, 11) is 0. The SMILES string of the molecule is CC(C)[C@@H](NCC(=O)Nc1cc(Cl)ccc1-n1cncn1)c1ccc2c(c1)OCCO2. The van der Waals surface area contributed by atoms with Crippen LogP contribution < -0.4 is 20.1 Å². The number of nitrogens with zero attached hydrogens (tertiary/aromatic N) is 3. The molecular formula is C22H24ClN5O3. The van der Waals surface area contributed by atoms with Crippen molar-refractivity contribution in [2.24, 2.45) is 5.92 Å². The highest BCUT2D eigenvalue weighted by atomic mass is 35.5. The summed E-state index contributed by atoms with van der Waals surface area (Å²) in [5.74, 6) is 1.55. The number of anilines is 1. The molecule has 9 heteroatoms. The fourth-order valence-corrected chi connectivity index (χ4v) is 3.70. The number of fused-ring (bicyclic) bond motifs is 1. The summed E-state index contributed by atoms with van der Waals surface area (Å²) in [6.45, 7) is 5.42. The maximum atomic E-state index is 12.7. The van der Waals surface area contributed by atoms with E-state index in [-0.39, 0.29) is 24.4 Å². The topological polar surface area (TPSA) is 90.3 Å². The van der Waals surface area contributed by atoms with Crippen molar-refractivity contribution < 1.29 is 14.3 Å². The van der Waals surface area contributed by atoms with Crippen LogP contribution in [-0.2, 0) is 4.79 Å². The van der Waals surface area contributed by atoms with Crippen molar-refractivity contribution in [1.29, 1.82) is 0 Å². The number of halogens is 1. The summed E-state index contributed by atoms with van der Waals surface area (Å²) in [5.41, 5.74) is 2.28. The van der Waals surface area contributed by atoms with E-state index >= 15 is 0 Å². The van der Waals surface area contributed by atoms with E-state index in [9.17, 15) is 4.79 Å². The van der Waals surface area contributed by atoms with Crippen LogP contribution >= 0.6 is 11.6 Å². The van der Waals surface area contributed by atoms with Gasteiger partial charge in [0, 0.05) is 11.1 Å². The van der Waals surface area contributed by atoms with Crippen LogP contribution in [0.3, 0.4) is 0 Å². The Labute approximate surface area is 185 Å². The number of amides is 1. The summed E-state index contributed by atoms with van der Waals surface area (Å²) in [6, 6.07) is 11.1. The van der Waals surface area contributed by atoms with E-state index in [1.807, 2.05) is 18.2 Å². The van der Waals surface area contributed by atoms with E-state index in [2.05, 4.69) is 34.6 Å². The van der Waals surface area contributed by atoms with Crippen molar-refractivity contribution in [1.82, 2.24) is 20.1 Å². The first-order chi connectivity index (χ1) is 15.0. The van der Waals surface area contributed by atoms with E-state index in [1.165, 1.54) is 6.33 Å². The Morgan fingerprint density at radius 2 is 1.97 bits per heavy atom. The Hall–Kier alpha value is -3.10. The monoisotopic (exact) mass is 441 g/mol. The predicted octanol–water partition coefficient (Wildman–Crippen LogP) is 3.62. The van der Waals surface area contributed by atoms with Gasteiger partial charge in [0.15, 0.2) is 11.5 Å². The fraction of sp³-hybridized carbons (Fsp3) is 0.318. The molecule has 1 aliphatic rings. The molecule has 162 valence electrons. The molecule has 1 atom stereocenters. The Balaban J connectivity index is 1.46. The van der Waals surface area contributed by atoms with E-state index in [1.54, 1.807) is 29.2 Å². The van der Waals surface area contributed by atoms with Crippen molar-refractivity contribution in [2.75, 3.05) is 25.1 Å². The molecule has 2 aromatic carbocycles. The minimum absolute atomic E-state index is 0.0317. The predicted molar refractivity (Wildman–Crippen MR) is 118 cm³/mol. The van der Waals surface area contributed by atoms with Crippen LogP contribution in [0, 0.1) is 5.92 Å². The van der Waals surface area contributed by atoms with E-state index < -0.39 is 0 Å². The standard InChI is InChI=1S/C22H24ClN5O3/c1-14(2)22(15-3-6-19-20(9-15)31-8-7-30-19)25-11-21(29)27-17-10-16(23)4-5-18(17)28-13-24-12-26-28/h3-6,9-10,12-14,22,25H,7-8,11H2,1-2H3,(H,27,29)/t22-/m1/s1. The van der Waals surface area contributed by atoms with E-state index in [4.69, 9.17) is 21.1 Å². The lowest BCUT2D eigenvalue weighted by molar-refractivity contribution is -0.115. The smallest absolute Gasteiger partial charge is 0.238 e. The zero-order valence-corrected chi connectivity index (χ0v) is 18.1. The lowest BCUT2D eigenvalue weighted by Crippen LogP contribution is -2.34.